The molecule has 0 unspecified atom stereocenters. The van der Waals surface area contributed by atoms with Gasteiger partial charge in [0, 0.05) is 18.7 Å². The number of benzene rings is 1. The van der Waals surface area contributed by atoms with Gasteiger partial charge in [0.15, 0.2) is 0 Å². The van der Waals surface area contributed by atoms with E-state index >= 15 is 0 Å². The van der Waals surface area contributed by atoms with Crippen LogP contribution in [0.5, 0.6) is 11.8 Å². The fraction of sp³-hybridized carbons (Fsp3) is 0.333. The predicted octanol–water partition coefficient (Wildman–Crippen LogP) is 2.07. The van der Waals surface area contributed by atoms with Crippen LogP contribution < -0.4 is 10.5 Å². The number of nitrogens with zero attached hydrogens (tertiary/aromatic N) is 3. The molecule has 1 atom stereocenters. The summed E-state index contributed by atoms with van der Waals surface area (Å²) >= 11 is 0. The first-order chi connectivity index (χ1) is 8.47. The summed E-state index contributed by atoms with van der Waals surface area (Å²) in [4.78, 5) is 3.96. The van der Waals surface area contributed by atoms with Crippen LogP contribution in [0.2, 0.25) is 0 Å². The Bertz CT molecular complexity index is 565. The van der Waals surface area contributed by atoms with E-state index in [9.17, 15) is 4.39 Å². The van der Waals surface area contributed by atoms with Crippen molar-refractivity contribution in [1.29, 1.82) is 0 Å². The lowest BCUT2D eigenvalue weighted by Crippen LogP contribution is -2.08. The second kappa shape index (κ2) is 4.73. The topological polar surface area (TPSA) is 66.0 Å². The van der Waals surface area contributed by atoms with Gasteiger partial charge in [-0.25, -0.2) is 4.39 Å². The summed E-state index contributed by atoms with van der Waals surface area (Å²) in [6.07, 6.45) is 1.53. The third-order valence-electron chi connectivity index (χ3n) is 2.56. The average Bonchev–Trinajstić information content (AvgIpc) is 2.68. The van der Waals surface area contributed by atoms with Gasteiger partial charge in [0.25, 0.3) is 0 Å². The van der Waals surface area contributed by atoms with Crippen molar-refractivity contribution in [2.24, 2.45) is 12.8 Å². The smallest absolute Gasteiger partial charge is 0.340 e. The lowest BCUT2D eigenvalue weighted by atomic mass is 10.1. The number of hydrogen-bond acceptors (Lipinski definition) is 4. The zero-order valence-corrected chi connectivity index (χ0v) is 10.5. The average molecular weight is 250 g/mol. The quantitative estimate of drug-likeness (QED) is 0.905. The van der Waals surface area contributed by atoms with Gasteiger partial charge in [-0.1, -0.05) is 0 Å². The monoisotopic (exact) mass is 250 g/mol. The summed E-state index contributed by atoms with van der Waals surface area (Å²) in [6, 6.07) is 2.87. The Hall–Kier alpha value is -1.95. The highest BCUT2D eigenvalue weighted by molar-refractivity contribution is 5.41. The minimum atomic E-state index is -0.334. The molecule has 18 heavy (non-hydrogen) atoms. The van der Waals surface area contributed by atoms with E-state index < -0.39 is 0 Å². The number of aromatic nitrogens is 3. The van der Waals surface area contributed by atoms with Crippen molar-refractivity contribution in [2.45, 2.75) is 19.9 Å². The summed E-state index contributed by atoms with van der Waals surface area (Å²) in [5.74, 6) is 0.179. The van der Waals surface area contributed by atoms with Crippen molar-refractivity contribution in [3.63, 3.8) is 0 Å². The highest BCUT2D eigenvalue weighted by atomic mass is 19.1. The van der Waals surface area contributed by atoms with Crippen LogP contribution in [-0.4, -0.2) is 14.8 Å². The van der Waals surface area contributed by atoms with Gasteiger partial charge in [-0.05, 0) is 31.5 Å². The Labute approximate surface area is 104 Å². The molecule has 0 radical (unpaired) electrons. The molecule has 1 heterocycles. The van der Waals surface area contributed by atoms with Gasteiger partial charge < -0.3 is 10.5 Å². The number of nitrogens with two attached hydrogens (primary N) is 1. The second-order valence-corrected chi connectivity index (χ2v) is 4.23. The molecular weight excluding hydrogens is 235 g/mol. The van der Waals surface area contributed by atoms with Crippen molar-refractivity contribution in [2.75, 3.05) is 0 Å². The predicted molar refractivity (Wildman–Crippen MR) is 64.8 cm³/mol. The van der Waals surface area contributed by atoms with Crippen molar-refractivity contribution >= 4 is 0 Å². The fourth-order valence-corrected chi connectivity index (χ4v) is 1.58. The fourth-order valence-electron chi connectivity index (χ4n) is 1.58. The molecule has 0 saturated heterocycles. The third-order valence-corrected chi connectivity index (χ3v) is 2.56. The number of hydrogen-bond donors (Lipinski definition) is 1. The Morgan fingerprint density at radius 1 is 1.44 bits per heavy atom. The summed E-state index contributed by atoms with van der Waals surface area (Å²) in [6.45, 7) is 3.43. The van der Waals surface area contributed by atoms with Gasteiger partial charge in [-0.15, -0.1) is 5.10 Å². The third kappa shape index (κ3) is 2.48. The lowest BCUT2D eigenvalue weighted by Gasteiger charge is -2.13. The summed E-state index contributed by atoms with van der Waals surface area (Å²) in [5.41, 5.74) is 6.88. The maximum atomic E-state index is 13.5. The summed E-state index contributed by atoms with van der Waals surface area (Å²) < 4.78 is 20.6. The Morgan fingerprint density at radius 2 is 2.17 bits per heavy atom. The lowest BCUT2D eigenvalue weighted by molar-refractivity contribution is 0.428. The maximum Gasteiger partial charge on any atom is 0.340 e. The van der Waals surface area contributed by atoms with Crippen molar-refractivity contribution in [3.8, 4) is 11.8 Å². The first-order valence-corrected chi connectivity index (χ1v) is 5.56. The molecule has 0 spiro atoms. The van der Waals surface area contributed by atoms with E-state index in [4.69, 9.17) is 10.5 Å². The summed E-state index contributed by atoms with van der Waals surface area (Å²) in [5, 5.41) is 4.01. The van der Waals surface area contributed by atoms with Gasteiger partial charge in [0.2, 0.25) is 0 Å². The van der Waals surface area contributed by atoms with Crippen LogP contribution in [0.15, 0.2) is 18.5 Å². The maximum absolute atomic E-state index is 13.5. The molecule has 1 aromatic carbocycles. The number of aryl methyl sites for hydroxylation is 2. The molecule has 0 aliphatic carbocycles. The highest BCUT2D eigenvalue weighted by Gasteiger charge is 2.14. The van der Waals surface area contributed by atoms with Gasteiger partial charge >= 0.3 is 6.01 Å². The molecule has 0 saturated carbocycles. The van der Waals surface area contributed by atoms with E-state index in [1.807, 2.05) is 0 Å². The summed E-state index contributed by atoms with van der Waals surface area (Å²) in [7, 11) is 1.74. The van der Waals surface area contributed by atoms with E-state index in [0.29, 0.717) is 16.9 Å². The van der Waals surface area contributed by atoms with Crippen LogP contribution in [0.4, 0.5) is 4.39 Å². The van der Waals surface area contributed by atoms with Gasteiger partial charge in [0.1, 0.15) is 17.9 Å². The zero-order valence-electron chi connectivity index (χ0n) is 10.5. The molecule has 2 rings (SSSR count). The molecule has 6 heteroatoms. The number of rotatable bonds is 3. The van der Waals surface area contributed by atoms with Gasteiger partial charge in [-0.2, -0.15) is 4.98 Å². The molecule has 0 bridgehead atoms. The minimum Gasteiger partial charge on any atom is -0.423 e. The largest absolute Gasteiger partial charge is 0.423 e. The van der Waals surface area contributed by atoms with E-state index in [1.165, 1.54) is 17.1 Å². The van der Waals surface area contributed by atoms with E-state index in [-0.39, 0.29) is 17.9 Å². The first-order valence-electron chi connectivity index (χ1n) is 5.56. The number of halogens is 1. The molecule has 0 fully saturated rings. The molecule has 1 aromatic heterocycles. The van der Waals surface area contributed by atoms with Crippen LogP contribution in [0, 0.1) is 12.7 Å². The Morgan fingerprint density at radius 3 is 2.72 bits per heavy atom. The van der Waals surface area contributed by atoms with E-state index in [1.54, 1.807) is 27.0 Å². The SMILES string of the molecule is Cc1cc(Oc2ncn(C)n2)c([C@@H](C)N)cc1F. The van der Waals surface area contributed by atoms with Crippen molar-refractivity contribution < 1.29 is 9.13 Å². The molecule has 2 aromatic rings. The molecule has 2 N–H and O–H groups in total. The van der Waals surface area contributed by atoms with Gasteiger partial charge in [-0.3, -0.25) is 4.68 Å². The van der Waals surface area contributed by atoms with Gasteiger partial charge in [0.05, 0.1) is 0 Å². The van der Waals surface area contributed by atoms with Crippen molar-refractivity contribution in [3.05, 3.63) is 35.4 Å². The first kappa shape index (κ1) is 12.5. The normalized spacial score (nSPS) is 12.5. The standard InChI is InChI=1S/C12H15FN4O/c1-7-4-11(9(8(2)14)5-10(7)13)18-12-15-6-17(3)16-12/h4-6,8H,14H2,1-3H3/t8-/m1/s1. The van der Waals surface area contributed by atoms with E-state index in [0.717, 1.165) is 0 Å². The van der Waals surface area contributed by atoms with Crippen LogP contribution >= 0.6 is 0 Å². The second-order valence-electron chi connectivity index (χ2n) is 4.23. The molecule has 96 valence electrons. The zero-order chi connectivity index (χ0) is 13.3. The van der Waals surface area contributed by atoms with Crippen LogP contribution in [0.3, 0.4) is 0 Å². The molecule has 0 aliphatic rings. The Kier molecular flexibility index (Phi) is 3.29. The molecule has 0 amide bonds. The Balaban J connectivity index is 2.39. The van der Waals surface area contributed by atoms with Crippen LogP contribution in [-0.2, 0) is 7.05 Å². The molecule has 5 nitrogen and oxygen atoms in total. The van der Waals surface area contributed by atoms with Crippen molar-refractivity contribution in [1.82, 2.24) is 14.8 Å². The molecule has 0 aliphatic heterocycles. The van der Waals surface area contributed by atoms with Crippen LogP contribution in [0.25, 0.3) is 0 Å². The minimum absolute atomic E-state index is 0.213. The van der Waals surface area contributed by atoms with Crippen LogP contribution in [0.1, 0.15) is 24.1 Å². The highest BCUT2D eigenvalue weighted by Crippen LogP contribution is 2.29. The van der Waals surface area contributed by atoms with E-state index in [2.05, 4.69) is 10.1 Å². The molecular formula is C12H15FN4O. The number of ether oxygens (including phenoxy) is 1.